The molecule has 0 aliphatic heterocycles. The standard InChI is InChI=1S/C7H17N3/c1-5-7(2)6-10(4)9-8-3/h8-9H,2,5-6H2,1,3-4H3. The Morgan fingerprint density at radius 2 is 2.20 bits per heavy atom. The molecule has 60 valence electrons. The van der Waals surface area contributed by atoms with Crippen molar-refractivity contribution in [1.82, 2.24) is 16.0 Å². The molecular formula is C7H17N3. The summed E-state index contributed by atoms with van der Waals surface area (Å²) in [5.41, 5.74) is 6.99. The van der Waals surface area contributed by atoms with Gasteiger partial charge in [0, 0.05) is 13.6 Å². The van der Waals surface area contributed by atoms with Gasteiger partial charge in [-0.15, -0.1) is 0 Å². The fourth-order valence-electron chi connectivity index (χ4n) is 0.678. The van der Waals surface area contributed by atoms with E-state index in [9.17, 15) is 0 Å². The van der Waals surface area contributed by atoms with Gasteiger partial charge < -0.3 is 0 Å². The zero-order valence-electron chi connectivity index (χ0n) is 7.07. The molecule has 3 nitrogen and oxygen atoms in total. The predicted molar refractivity (Wildman–Crippen MR) is 44.3 cm³/mol. The van der Waals surface area contributed by atoms with Gasteiger partial charge in [-0.05, 0) is 13.5 Å². The fourth-order valence-corrected chi connectivity index (χ4v) is 0.678. The van der Waals surface area contributed by atoms with Gasteiger partial charge >= 0.3 is 0 Å². The molecular weight excluding hydrogens is 126 g/mol. The van der Waals surface area contributed by atoms with Crippen LogP contribution >= 0.6 is 0 Å². The van der Waals surface area contributed by atoms with Crippen LogP contribution in [0.4, 0.5) is 0 Å². The molecule has 3 heteroatoms. The molecule has 2 N–H and O–H groups in total. The molecule has 0 aromatic rings. The average Bonchev–Trinajstić information content (AvgIpc) is 1.88. The number of nitrogens with one attached hydrogen (secondary N) is 2. The van der Waals surface area contributed by atoms with E-state index in [1.807, 2.05) is 19.1 Å². The maximum atomic E-state index is 3.89. The third-order valence-electron chi connectivity index (χ3n) is 1.26. The van der Waals surface area contributed by atoms with E-state index < -0.39 is 0 Å². The van der Waals surface area contributed by atoms with Gasteiger partial charge in [0.1, 0.15) is 0 Å². The van der Waals surface area contributed by atoms with Crippen LogP contribution in [-0.4, -0.2) is 25.6 Å². The maximum Gasteiger partial charge on any atom is 0.0348 e. The predicted octanol–water partition coefficient (Wildman–Crippen LogP) is 0.523. The van der Waals surface area contributed by atoms with Crippen LogP contribution in [0, 0.1) is 0 Å². The van der Waals surface area contributed by atoms with Crippen molar-refractivity contribution in [2.75, 3.05) is 20.6 Å². The van der Waals surface area contributed by atoms with Crippen LogP contribution in [0.15, 0.2) is 12.2 Å². The lowest BCUT2D eigenvalue weighted by atomic mass is 10.2. The van der Waals surface area contributed by atoms with Crippen molar-refractivity contribution in [3.05, 3.63) is 12.2 Å². The van der Waals surface area contributed by atoms with Crippen LogP contribution in [0.25, 0.3) is 0 Å². The summed E-state index contributed by atoms with van der Waals surface area (Å²) in [6.07, 6.45) is 1.04. The zero-order valence-corrected chi connectivity index (χ0v) is 7.07. The Morgan fingerprint density at radius 1 is 1.60 bits per heavy atom. The van der Waals surface area contributed by atoms with Gasteiger partial charge in [0.2, 0.25) is 0 Å². The largest absolute Gasteiger partial charge is 0.247 e. The van der Waals surface area contributed by atoms with Crippen LogP contribution in [0.5, 0.6) is 0 Å². The highest BCUT2D eigenvalue weighted by atomic mass is 15.7. The van der Waals surface area contributed by atoms with Crippen molar-refractivity contribution in [3.8, 4) is 0 Å². The van der Waals surface area contributed by atoms with E-state index in [1.165, 1.54) is 5.57 Å². The summed E-state index contributed by atoms with van der Waals surface area (Å²) in [4.78, 5) is 0. The first-order valence-electron chi connectivity index (χ1n) is 3.50. The summed E-state index contributed by atoms with van der Waals surface area (Å²) in [7, 11) is 3.81. The lowest BCUT2D eigenvalue weighted by molar-refractivity contribution is 0.219. The molecule has 0 rings (SSSR count). The number of hydrogen-bond acceptors (Lipinski definition) is 3. The first-order chi connectivity index (χ1) is 4.70. The Balaban J connectivity index is 3.37. The number of hydrazine groups is 2. The topological polar surface area (TPSA) is 27.3 Å². The Morgan fingerprint density at radius 3 is 2.60 bits per heavy atom. The summed E-state index contributed by atoms with van der Waals surface area (Å²) in [5.74, 6) is 0. The van der Waals surface area contributed by atoms with E-state index in [2.05, 4.69) is 24.5 Å². The van der Waals surface area contributed by atoms with Crippen LogP contribution in [0.1, 0.15) is 13.3 Å². The highest BCUT2D eigenvalue weighted by molar-refractivity contribution is 4.94. The molecule has 0 aromatic carbocycles. The molecule has 0 amide bonds. The summed E-state index contributed by atoms with van der Waals surface area (Å²) < 4.78 is 0. The van der Waals surface area contributed by atoms with E-state index in [0.29, 0.717) is 0 Å². The number of nitrogens with zero attached hydrogens (tertiary/aromatic N) is 1. The van der Waals surface area contributed by atoms with Crippen LogP contribution in [0.3, 0.4) is 0 Å². The molecule has 0 saturated carbocycles. The van der Waals surface area contributed by atoms with Crippen molar-refractivity contribution in [2.24, 2.45) is 0 Å². The third-order valence-corrected chi connectivity index (χ3v) is 1.26. The van der Waals surface area contributed by atoms with Gasteiger partial charge in [0.25, 0.3) is 0 Å². The maximum absolute atomic E-state index is 3.89. The highest BCUT2D eigenvalue weighted by Gasteiger charge is 1.95. The van der Waals surface area contributed by atoms with Crippen LogP contribution in [0.2, 0.25) is 0 Å². The molecule has 0 atom stereocenters. The highest BCUT2D eigenvalue weighted by Crippen LogP contribution is 1.95. The van der Waals surface area contributed by atoms with Gasteiger partial charge in [0.05, 0.1) is 0 Å². The van der Waals surface area contributed by atoms with E-state index in [-0.39, 0.29) is 0 Å². The van der Waals surface area contributed by atoms with Crippen LogP contribution in [-0.2, 0) is 0 Å². The SMILES string of the molecule is C=C(CC)CN(C)NNC. The lowest BCUT2D eigenvalue weighted by Gasteiger charge is -2.17. The molecule has 0 aliphatic carbocycles. The molecule has 0 saturated heterocycles. The first kappa shape index (κ1) is 9.62. The second-order valence-electron chi connectivity index (χ2n) is 2.32. The van der Waals surface area contributed by atoms with Gasteiger partial charge in [-0.1, -0.05) is 19.1 Å². The summed E-state index contributed by atoms with van der Waals surface area (Å²) >= 11 is 0. The first-order valence-corrected chi connectivity index (χ1v) is 3.50. The third kappa shape index (κ3) is 4.49. The van der Waals surface area contributed by atoms with Crippen molar-refractivity contribution in [2.45, 2.75) is 13.3 Å². The number of rotatable bonds is 5. The smallest absolute Gasteiger partial charge is 0.0348 e. The molecule has 0 radical (unpaired) electrons. The summed E-state index contributed by atoms with van der Waals surface area (Å²) in [6.45, 7) is 6.88. The Labute approximate surface area is 63.0 Å². The molecule has 0 bridgehead atoms. The second-order valence-corrected chi connectivity index (χ2v) is 2.32. The average molecular weight is 143 g/mol. The van der Waals surface area contributed by atoms with Crippen molar-refractivity contribution in [3.63, 3.8) is 0 Å². The Kier molecular flexibility index (Phi) is 5.20. The van der Waals surface area contributed by atoms with Gasteiger partial charge in [-0.25, -0.2) is 10.4 Å². The summed E-state index contributed by atoms with van der Waals surface area (Å²) in [5, 5.41) is 1.95. The van der Waals surface area contributed by atoms with Crippen molar-refractivity contribution < 1.29 is 0 Å². The molecule has 0 unspecified atom stereocenters. The Bertz CT molecular complexity index is 101. The van der Waals surface area contributed by atoms with Gasteiger partial charge in [0.15, 0.2) is 0 Å². The minimum absolute atomic E-state index is 0.886. The molecule has 10 heavy (non-hydrogen) atoms. The lowest BCUT2D eigenvalue weighted by Crippen LogP contribution is -2.43. The van der Waals surface area contributed by atoms with Gasteiger partial charge in [-0.3, -0.25) is 0 Å². The molecule has 0 heterocycles. The van der Waals surface area contributed by atoms with Crippen molar-refractivity contribution >= 4 is 0 Å². The molecule has 0 aromatic heterocycles. The van der Waals surface area contributed by atoms with E-state index in [1.54, 1.807) is 0 Å². The summed E-state index contributed by atoms with van der Waals surface area (Å²) in [6, 6.07) is 0. The second kappa shape index (κ2) is 5.41. The Hall–Kier alpha value is -0.380. The van der Waals surface area contributed by atoms with E-state index in [4.69, 9.17) is 0 Å². The quantitative estimate of drug-likeness (QED) is 0.434. The van der Waals surface area contributed by atoms with E-state index in [0.717, 1.165) is 13.0 Å². The fraction of sp³-hybridized carbons (Fsp3) is 0.714. The number of likely N-dealkylation sites (N-methyl/N-ethyl adjacent to an activating group) is 1. The normalized spacial score (nSPS) is 10.4. The minimum Gasteiger partial charge on any atom is -0.247 e. The van der Waals surface area contributed by atoms with Crippen LogP contribution < -0.4 is 11.0 Å². The molecule has 0 spiro atoms. The molecule has 0 fully saturated rings. The van der Waals surface area contributed by atoms with E-state index >= 15 is 0 Å². The van der Waals surface area contributed by atoms with Gasteiger partial charge in [-0.2, -0.15) is 5.53 Å². The minimum atomic E-state index is 0.886. The monoisotopic (exact) mass is 143 g/mol. The number of hydrogen-bond donors (Lipinski definition) is 2. The van der Waals surface area contributed by atoms with Crippen molar-refractivity contribution in [1.29, 1.82) is 0 Å². The molecule has 0 aliphatic rings. The zero-order chi connectivity index (χ0) is 7.98.